The first-order chi connectivity index (χ1) is 5.77. The molecule has 1 saturated carbocycles. The maximum Gasteiger partial charge on any atom is 0.0528 e. The fraction of sp³-hybridized carbons (Fsp3) is 0.909. The summed E-state index contributed by atoms with van der Waals surface area (Å²) >= 11 is 0. The molecule has 2 aliphatic rings. The molecule has 0 aromatic carbocycles. The van der Waals surface area contributed by atoms with Crippen molar-refractivity contribution in [3.8, 4) is 0 Å². The van der Waals surface area contributed by atoms with Gasteiger partial charge in [-0.3, -0.25) is 4.99 Å². The molecular formula is C11H19N. The van der Waals surface area contributed by atoms with Crippen molar-refractivity contribution in [2.24, 2.45) is 16.8 Å². The molecule has 2 atom stereocenters. The van der Waals surface area contributed by atoms with Crippen LogP contribution in [0.1, 0.15) is 46.0 Å². The second-order valence-corrected chi connectivity index (χ2v) is 4.61. The first-order valence-corrected chi connectivity index (χ1v) is 5.34. The van der Waals surface area contributed by atoms with Gasteiger partial charge in [0.1, 0.15) is 0 Å². The second kappa shape index (κ2) is 3.20. The Morgan fingerprint density at radius 2 is 2.17 bits per heavy atom. The molecule has 68 valence electrons. The normalized spacial score (nSPS) is 35.1. The lowest BCUT2D eigenvalue weighted by molar-refractivity contribution is 0.431. The summed E-state index contributed by atoms with van der Waals surface area (Å²) in [6, 6.07) is 0.656. The summed E-state index contributed by atoms with van der Waals surface area (Å²) in [4.78, 5) is 4.83. The molecule has 1 nitrogen and oxygen atoms in total. The van der Waals surface area contributed by atoms with Gasteiger partial charge in [-0.15, -0.1) is 0 Å². The molecule has 2 rings (SSSR count). The Morgan fingerprint density at radius 1 is 1.33 bits per heavy atom. The molecule has 1 fully saturated rings. The van der Waals surface area contributed by atoms with Gasteiger partial charge in [-0.2, -0.15) is 0 Å². The van der Waals surface area contributed by atoms with Crippen LogP contribution >= 0.6 is 0 Å². The van der Waals surface area contributed by atoms with E-state index in [9.17, 15) is 0 Å². The van der Waals surface area contributed by atoms with Crippen LogP contribution < -0.4 is 0 Å². The van der Waals surface area contributed by atoms with Crippen molar-refractivity contribution in [3.63, 3.8) is 0 Å². The predicted molar refractivity (Wildman–Crippen MR) is 52.6 cm³/mol. The Kier molecular flexibility index (Phi) is 2.20. The molecular weight excluding hydrogens is 146 g/mol. The quantitative estimate of drug-likeness (QED) is 0.566. The van der Waals surface area contributed by atoms with E-state index in [-0.39, 0.29) is 0 Å². The smallest absolute Gasteiger partial charge is 0.0528 e. The van der Waals surface area contributed by atoms with Crippen molar-refractivity contribution < 1.29 is 0 Å². The minimum absolute atomic E-state index is 0.656. The van der Waals surface area contributed by atoms with Crippen molar-refractivity contribution in [2.75, 3.05) is 0 Å². The summed E-state index contributed by atoms with van der Waals surface area (Å²) in [5, 5.41) is 0. The van der Waals surface area contributed by atoms with Gasteiger partial charge in [0.25, 0.3) is 0 Å². The number of hydrogen-bond acceptors (Lipinski definition) is 1. The van der Waals surface area contributed by atoms with Gasteiger partial charge in [-0.05, 0) is 37.5 Å². The van der Waals surface area contributed by atoms with E-state index in [0.29, 0.717) is 6.04 Å². The van der Waals surface area contributed by atoms with Crippen LogP contribution in [0, 0.1) is 11.8 Å². The molecule has 0 N–H and O–H groups in total. The van der Waals surface area contributed by atoms with E-state index in [4.69, 9.17) is 4.99 Å². The molecule has 0 spiro atoms. The molecule has 0 saturated heterocycles. The highest BCUT2D eigenvalue weighted by Gasteiger charge is 2.30. The average molecular weight is 165 g/mol. The lowest BCUT2D eigenvalue weighted by atomic mass is 9.85. The zero-order valence-corrected chi connectivity index (χ0v) is 8.21. The molecule has 0 aromatic rings. The van der Waals surface area contributed by atoms with Gasteiger partial charge < -0.3 is 0 Å². The van der Waals surface area contributed by atoms with Crippen LogP contribution in [0.3, 0.4) is 0 Å². The number of aliphatic imine (C=N–C) groups is 1. The summed E-state index contributed by atoms with van der Waals surface area (Å²) in [6.45, 7) is 4.60. The van der Waals surface area contributed by atoms with Crippen LogP contribution in [-0.2, 0) is 0 Å². The van der Waals surface area contributed by atoms with Crippen LogP contribution in [0.25, 0.3) is 0 Å². The largest absolute Gasteiger partial charge is 0.290 e. The number of hydrogen-bond donors (Lipinski definition) is 0. The van der Waals surface area contributed by atoms with E-state index in [1.165, 1.54) is 32.1 Å². The zero-order valence-electron chi connectivity index (χ0n) is 8.21. The van der Waals surface area contributed by atoms with E-state index >= 15 is 0 Å². The molecule has 0 aromatic heterocycles. The van der Waals surface area contributed by atoms with Gasteiger partial charge in [-0.1, -0.05) is 20.3 Å². The monoisotopic (exact) mass is 165 g/mol. The third-order valence-electron chi connectivity index (χ3n) is 3.33. The summed E-state index contributed by atoms with van der Waals surface area (Å²) in [5.41, 5.74) is 1.56. The molecule has 0 bridgehead atoms. The molecule has 12 heavy (non-hydrogen) atoms. The second-order valence-electron chi connectivity index (χ2n) is 4.61. The maximum atomic E-state index is 4.83. The van der Waals surface area contributed by atoms with Crippen molar-refractivity contribution in [2.45, 2.75) is 52.0 Å². The molecule has 1 heterocycles. The summed E-state index contributed by atoms with van der Waals surface area (Å²) < 4.78 is 0. The van der Waals surface area contributed by atoms with Crippen LogP contribution in [0.5, 0.6) is 0 Å². The van der Waals surface area contributed by atoms with Gasteiger partial charge in [-0.25, -0.2) is 0 Å². The Morgan fingerprint density at radius 3 is 2.83 bits per heavy atom. The SMILES string of the molecule is CC(C)C1CC2CCCCC2=N1. The van der Waals surface area contributed by atoms with Gasteiger partial charge in [0.15, 0.2) is 0 Å². The van der Waals surface area contributed by atoms with Crippen LogP contribution in [-0.4, -0.2) is 11.8 Å². The van der Waals surface area contributed by atoms with Crippen molar-refractivity contribution in [3.05, 3.63) is 0 Å². The molecule has 0 radical (unpaired) electrons. The molecule has 1 aliphatic carbocycles. The van der Waals surface area contributed by atoms with Crippen molar-refractivity contribution >= 4 is 5.71 Å². The van der Waals surface area contributed by atoms with Crippen LogP contribution in [0.2, 0.25) is 0 Å². The topological polar surface area (TPSA) is 12.4 Å². The fourth-order valence-electron chi connectivity index (χ4n) is 2.47. The van der Waals surface area contributed by atoms with Gasteiger partial charge in [0.05, 0.1) is 6.04 Å². The Labute approximate surface area is 75.3 Å². The van der Waals surface area contributed by atoms with E-state index in [0.717, 1.165) is 11.8 Å². The standard InChI is InChI=1S/C11H19N/c1-8(2)11-7-9-5-3-4-6-10(9)12-11/h8-9,11H,3-7H2,1-2H3. The lowest BCUT2D eigenvalue weighted by Gasteiger charge is -2.18. The van der Waals surface area contributed by atoms with Crippen LogP contribution in [0.15, 0.2) is 4.99 Å². The zero-order chi connectivity index (χ0) is 8.55. The highest BCUT2D eigenvalue weighted by molar-refractivity contribution is 5.89. The fourth-order valence-corrected chi connectivity index (χ4v) is 2.47. The van der Waals surface area contributed by atoms with E-state index < -0.39 is 0 Å². The minimum atomic E-state index is 0.656. The third-order valence-corrected chi connectivity index (χ3v) is 3.33. The molecule has 2 unspecified atom stereocenters. The Hall–Kier alpha value is -0.330. The van der Waals surface area contributed by atoms with Crippen LogP contribution in [0.4, 0.5) is 0 Å². The van der Waals surface area contributed by atoms with E-state index in [2.05, 4.69) is 13.8 Å². The van der Waals surface area contributed by atoms with Crippen molar-refractivity contribution in [1.29, 1.82) is 0 Å². The maximum absolute atomic E-state index is 4.83. The molecule has 1 heteroatoms. The third kappa shape index (κ3) is 1.41. The number of nitrogens with zero attached hydrogens (tertiary/aromatic N) is 1. The molecule has 1 aliphatic heterocycles. The van der Waals surface area contributed by atoms with Crippen molar-refractivity contribution in [1.82, 2.24) is 0 Å². The number of fused-ring (bicyclic) bond motifs is 1. The van der Waals surface area contributed by atoms with E-state index in [1.54, 1.807) is 5.71 Å². The highest BCUT2D eigenvalue weighted by Crippen LogP contribution is 2.34. The first-order valence-electron chi connectivity index (χ1n) is 5.34. The molecule has 0 amide bonds. The predicted octanol–water partition coefficient (Wildman–Crippen LogP) is 3.05. The lowest BCUT2D eigenvalue weighted by Crippen LogP contribution is -2.16. The van der Waals surface area contributed by atoms with Gasteiger partial charge in [0.2, 0.25) is 0 Å². The highest BCUT2D eigenvalue weighted by atomic mass is 14.9. The van der Waals surface area contributed by atoms with Gasteiger partial charge >= 0.3 is 0 Å². The minimum Gasteiger partial charge on any atom is -0.290 e. The van der Waals surface area contributed by atoms with E-state index in [1.807, 2.05) is 0 Å². The Balaban J connectivity index is 2.05. The summed E-state index contributed by atoms with van der Waals surface area (Å²) in [7, 11) is 0. The Bertz CT molecular complexity index is 193. The average Bonchev–Trinajstić information content (AvgIpc) is 2.46. The first kappa shape index (κ1) is 8.28. The summed E-state index contributed by atoms with van der Waals surface area (Å²) in [5.74, 6) is 1.63. The summed E-state index contributed by atoms with van der Waals surface area (Å²) in [6.07, 6.45) is 6.90. The number of rotatable bonds is 1. The van der Waals surface area contributed by atoms with Gasteiger partial charge in [0, 0.05) is 5.71 Å².